The fraction of sp³-hybridized carbons (Fsp3) is 0.737. The van der Waals surface area contributed by atoms with Gasteiger partial charge in [-0.2, -0.15) is 0 Å². The van der Waals surface area contributed by atoms with Crippen LogP contribution in [-0.4, -0.2) is 41.0 Å². The summed E-state index contributed by atoms with van der Waals surface area (Å²) in [7, 11) is -4.76. The number of phosphoric acid groups is 1. The number of phosphoric ester groups is 1. The van der Waals surface area contributed by atoms with Crippen molar-refractivity contribution in [1.82, 2.24) is 0 Å². The predicted molar refractivity (Wildman–Crippen MR) is 193 cm³/mol. The summed E-state index contributed by atoms with van der Waals surface area (Å²) in [5.74, 6) is -0.943. The molecule has 47 heavy (non-hydrogen) atoms. The number of carbonyl (C=O) groups is 2. The lowest BCUT2D eigenvalue weighted by Crippen LogP contribution is -2.29. The van der Waals surface area contributed by atoms with Crippen LogP contribution in [0.4, 0.5) is 0 Å². The normalized spacial score (nSPS) is 13.0. The second-order valence-electron chi connectivity index (χ2n) is 12.2. The van der Waals surface area contributed by atoms with Crippen LogP contribution in [0.1, 0.15) is 162 Å². The van der Waals surface area contributed by atoms with Gasteiger partial charge in [-0.1, -0.05) is 120 Å². The van der Waals surface area contributed by atoms with Crippen molar-refractivity contribution in [2.45, 2.75) is 168 Å². The molecule has 0 aliphatic rings. The summed E-state index contributed by atoms with van der Waals surface area (Å²) >= 11 is 0. The first-order valence-electron chi connectivity index (χ1n) is 18.4. The standard InChI is InChI=1S/C38H67O8P/c1-3-5-7-9-11-13-15-17-19-21-23-25-27-29-31-33-38(40)46-36(35-45-47(41,42)43)34-44-37(39)32-30-28-26-24-22-20-18-16-14-12-10-8-6-4-2/h11,13,16-19,23,25,36H,3-10,12,14-15,20-22,24,26-35H2,1-2H3,(H2,41,42,43)/b13-11+,18-16+,19-17+,25-23+/t36-/m1/s1. The molecule has 0 radical (unpaired) electrons. The number of hydrogen-bond donors (Lipinski definition) is 2. The van der Waals surface area contributed by atoms with Crippen molar-refractivity contribution in [3.05, 3.63) is 48.6 Å². The van der Waals surface area contributed by atoms with Crippen LogP contribution in [-0.2, 0) is 28.2 Å². The molecule has 0 rings (SSSR count). The number of hydrogen-bond acceptors (Lipinski definition) is 6. The maximum atomic E-state index is 12.3. The lowest BCUT2D eigenvalue weighted by atomic mass is 10.1. The van der Waals surface area contributed by atoms with Gasteiger partial charge in [0.1, 0.15) is 6.61 Å². The van der Waals surface area contributed by atoms with E-state index in [0.29, 0.717) is 12.8 Å². The van der Waals surface area contributed by atoms with E-state index in [-0.39, 0.29) is 19.4 Å². The fourth-order valence-electron chi connectivity index (χ4n) is 4.78. The zero-order chi connectivity index (χ0) is 34.7. The summed E-state index contributed by atoms with van der Waals surface area (Å²) in [6.45, 7) is 3.59. The first-order chi connectivity index (χ1) is 22.8. The molecular weight excluding hydrogens is 615 g/mol. The zero-order valence-corrected chi connectivity index (χ0v) is 30.6. The van der Waals surface area contributed by atoms with Crippen molar-refractivity contribution in [2.24, 2.45) is 0 Å². The maximum absolute atomic E-state index is 12.3. The highest BCUT2D eigenvalue weighted by atomic mass is 31.2. The number of allylic oxidation sites excluding steroid dienone is 8. The third-order valence-corrected chi connectivity index (χ3v) is 8.06. The zero-order valence-electron chi connectivity index (χ0n) is 29.7. The van der Waals surface area contributed by atoms with Crippen LogP contribution in [0.15, 0.2) is 48.6 Å². The van der Waals surface area contributed by atoms with Crippen LogP contribution in [0.5, 0.6) is 0 Å². The molecule has 2 N–H and O–H groups in total. The Kier molecular flexibility index (Phi) is 32.5. The van der Waals surface area contributed by atoms with Crippen molar-refractivity contribution in [3.8, 4) is 0 Å². The molecule has 8 nitrogen and oxygen atoms in total. The molecule has 272 valence electrons. The monoisotopic (exact) mass is 682 g/mol. The van der Waals surface area contributed by atoms with Gasteiger partial charge in [0.25, 0.3) is 0 Å². The van der Waals surface area contributed by atoms with Crippen molar-refractivity contribution in [3.63, 3.8) is 0 Å². The Morgan fingerprint density at radius 2 is 0.957 bits per heavy atom. The van der Waals surface area contributed by atoms with Crippen molar-refractivity contribution in [1.29, 1.82) is 0 Å². The van der Waals surface area contributed by atoms with Gasteiger partial charge in [0.15, 0.2) is 6.10 Å². The van der Waals surface area contributed by atoms with E-state index in [9.17, 15) is 14.2 Å². The summed E-state index contributed by atoms with van der Waals surface area (Å²) in [5, 5.41) is 0. The predicted octanol–water partition coefficient (Wildman–Crippen LogP) is 10.8. The van der Waals surface area contributed by atoms with Crippen LogP contribution in [0, 0.1) is 0 Å². The van der Waals surface area contributed by atoms with Gasteiger partial charge in [0.2, 0.25) is 0 Å². The molecule has 9 heteroatoms. The SMILES string of the molecule is CCCCC/C=C/C/C=C/C/C=C/CCCCC(=O)O[C@H](COC(=O)CCCCCCC/C=C/CCCCCCC)COP(=O)(O)O. The van der Waals surface area contributed by atoms with E-state index in [2.05, 4.69) is 67.0 Å². The molecule has 0 heterocycles. The minimum absolute atomic E-state index is 0.160. The van der Waals surface area contributed by atoms with Gasteiger partial charge in [-0.25, -0.2) is 4.57 Å². The highest BCUT2D eigenvalue weighted by Crippen LogP contribution is 2.35. The highest BCUT2D eigenvalue weighted by molar-refractivity contribution is 7.46. The Balaban J connectivity index is 4.08. The van der Waals surface area contributed by atoms with Crippen molar-refractivity contribution < 1.29 is 37.9 Å². The molecule has 0 saturated heterocycles. The number of unbranched alkanes of at least 4 members (excludes halogenated alkanes) is 15. The molecule has 0 spiro atoms. The quantitative estimate of drug-likeness (QED) is 0.0304. The molecule has 0 fully saturated rings. The van der Waals surface area contributed by atoms with Gasteiger partial charge in [-0.15, -0.1) is 0 Å². The Morgan fingerprint density at radius 1 is 0.553 bits per heavy atom. The Morgan fingerprint density at radius 3 is 1.53 bits per heavy atom. The highest BCUT2D eigenvalue weighted by Gasteiger charge is 2.22. The van der Waals surface area contributed by atoms with Crippen LogP contribution in [0.2, 0.25) is 0 Å². The molecular formula is C38H67O8P. The van der Waals surface area contributed by atoms with E-state index in [1.54, 1.807) is 0 Å². The van der Waals surface area contributed by atoms with E-state index < -0.39 is 32.5 Å². The smallest absolute Gasteiger partial charge is 0.462 e. The molecule has 0 unspecified atom stereocenters. The Labute approximate surface area is 286 Å². The summed E-state index contributed by atoms with van der Waals surface area (Å²) in [5.41, 5.74) is 0. The van der Waals surface area contributed by atoms with Crippen LogP contribution in [0.25, 0.3) is 0 Å². The number of carbonyl (C=O) groups excluding carboxylic acids is 2. The molecule has 0 aromatic heterocycles. The molecule has 0 aromatic carbocycles. The lowest BCUT2D eigenvalue weighted by molar-refractivity contribution is -0.161. The van der Waals surface area contributed by atoms with Crippen molar-refractivity contribution >= 4 is 19.8 Å². The summed E-state index contributed by atoms with van der Waals surface area (Å²) < 4.78 is 26.2. The topological polar surface area (TPSA) is 119 Å². The fourth-order valence-corrected chi connectivity index (χ4v) is 5.14. The molecule has 0 aliphatic carbocycles. The first kappa shape index (κ1) is 45.0. The number of esters is 2. The van der Waals surface area contributed by atoms with E-state index in [0.717, 1.165) is 64.2 Å². The molecule has 0 amide bonds. The summed E-state index contributed by atoms with van der Waals surface area (Å²) in [6, 6.07) is 0. The minimum atomic E-state index is -4.76. The van der Waals surface area contributed by atoms with Crippen molar-refractivity contribution in [2.75, 3.05) is 13.2 Å². The van der Waals surface area contributed by atoms with Crippen LogP contribution in [0.3, 0.4) is 0 Å². The summed E-state index contributed by atoms with van der Waals surface area (Å²) in [6.07, 6.45) is 39.7. The van der Waals surface area contributed by atoms with Gasteiger partial charge >= 0.3 is 19.8 Å². The van der Waals surface area contributed by atoms with Crippen LogP contribution < -0.4 is 0 Å². The Bertz CT molecular complexity index is 905. The van der Waals surface area contributed by atoms with E-state index >= 15 is 0 Å². The second-order valence-corrected chi connectivity index (χ2v) is 13.4. The van der Waals surface area contributed by atoms with Gasteiger partial charge in [0.05, 0.1) is 6.61 Å². The van der Waals surface area contributed by atoms with E-state index in [4.69, 9.17) is 19.3 Å². The largest absolute Gasteiger partial charge is 0.469 e. The molecule has 0 aromatic rings. The molecule has 0 bridgehead atoms. The summed E-state index contributed by atoms with van der Waals surface area (Å²) in [4.78, 5) is 42.6. The van der Waals surface area contributed by atoms with Gasteiger partial charge < -0.3 is 19.3 Å². The average Bonchev–Trinajstić information content (AvgIpc) is 3.03. The first-order valence-corrected chi connectivity index (χ1v) is 20.0. The Hall–Kier alpha value is -1.99. The van der Waals surface area contributed by atoms with E-state index in [1.165, 1.54) is 57.8 Å². The second kappa shape index (κ2) is 33.9. The third kappa shape index (κ3) is 36.7. The van der Waals surface area contributed by atoms with Gasteiger partial charge in [-0.05, 0) is 77.0 Å². The van der Waals surface area contributed by atoms with Crippen LogP contribution >= 0.6 is 7.82 Å². The third-order valence-electron chi connectivity index (χ3n) is 7.57. The lowest BCUT2D eigenvalue weighted by Gasteiger charge is -2.18. The average molecular weight is 683 g/mol. The molecule has 1 atom stereocenters. The van der Waals surface area contributed by atoms with Gasteiger partial charge in [-0.3, -0.25) is 14.1 Å². The van der Waals surface area contributed by atoms with Gasteiger partial charge in [0, 0.05) is 12.8 Å². The molecule has 0 aliphatic heterocycles. The minimum Gasteiger partial charge on any atom is -0.462 e. The number of rotatable bonds is 33. The molecule has 0 saturated carbocycles. The van der Waals surface area contributed by atoms with E-state index in [1.807, 2.05) is 0 Å². The maximum Gasteiger partial charge on any atom is 0.469 e. The number of ether oxygens (including phenoxy) is 2.